The van der Waals surface area contributed by atoms with Crippen molar-refractivity contribution >= 4 is 44.6 Å². The molecule has 3 aromatic carbocycles. The van der Waals surface area contributed by atoms with Gasteiger partial charge in [-0.25, -0.2) is 9.37 Å². The first-order chi connectivity index (χ1) is 15.9. The summed E-state index contributed by atoms with van der Waals surface area (Å²) >= 11 is 9.60. The van der Waals surface area contributed by atoms with Crippen molar-refractivity contribution in [3.8, 4) is 5.75 Å². The first kappa shape index (κ1) is 23.1. The van der Waals surface area contributed by atoms with E-state index in [1.165, 1.54) is 23.0 Å². The molecule has 1 heterocycles. The van der Waals surface area contributed by atoms with Gasteiger partial charge in [-0.3, -0.25) is 4.79 Å². The van der Waals surface area contributed by atoms with E-state index in [0.29, 0.717) is 39.5 Å². The molecule has 0 radical (unpaired) electrons. The summed E-state index contributed by atoms with van der Waals surface area (Å²) in [5.74, 6) is 0.806. The quantitative estimate of drug-likeness (QED) is 0.262. The van der Waals surface area contributed by atoms with Crippen molar-refractivity contribution in [2.24, 2.45) is 5.10 Å². The molecule has 0 saturated heterocycles. The Hall–Kier alpha value is -3.03. The number of aromatic nitrogens is 2. The van der Waals surface area contributed by atoms with E-state index < -0.39 is 0 Å². The molecule has 0 aliphatic rings. The molecule has 0 unspecified atom stereocenters. The highest BCUT2D eigenvalue weighted by atomic mass is 79.9. The predicted octanol–water partition coefficient (Wildman–Crippen LogP) is 6.37. The Morgan fingerprint density at radius 2 is 1.94 bits per heavy atom. The minimum absolute atomic E-state index is 0.245. The number of aryl methyl sites for hydroxylation is 1. The lowest BCUT2D eigenvalue weighted by Gasteiger charge is -2.11. The zero-order valence-corrected chi connectivity index (χ0v) is 20.1. The molecule has 4 aromatic rings. The fourth-order valence-corrected chi connectivity index (χ4v) is 3.85. The summed E-state index contributed by atoms with van der Waals surface area (Å²) < 4.78 is 21.2. The van der Waals surface area contributed by atoms with Gasteiger partial charge < -0.3 is 4.74 Å². The van der Waals surface area contributed by atoms with Gasteiger partial charge in [0.1, 0.15) is 24.0 Å². The molecule has 0 saturated carbocycles. The van der Waals surface area contributed by atoms with E-state index >= 15 is 0 Å². The second-order valence-electron chi connectivity index (χ2n) is 7.40. The average molecular weight is 529 g/mol. The Kier molecular flexibility index (Phi) is 7.20. The van der Waals surface area contributed by atoms with E-state index in [4.69, 9.17) is 16.3 Å². The lowest BCUT2D eigenvalue weighted by atomic mass is 10.2. The molecule has 1 aromatic heterocycles. The summed E-state index contributed by atoms with van der Waals surface area (Å²) in [6, 6.07) is 16.7. The van der Waals surface area contributed by atoms with Crippen molar-refractivity contribution in [2.75, 3.05) is 0 Å². The first-order valence-electron chi connectivity index (χ1n) is 10.4. The maximum absolute atomic E-state index is 13.2. The standard InChI is InChI=1S/C25H20BrClFN3O2/c1-2-3-24-30-22-10-6-18(26)13-21(22)25(32)31(24)29-14-17-12-19(27)7-11-23(17)33-15-16-4-8-20(28)9-5-16/h4-14H,2-3,15H2,1H3. The topological polar surface area (TPSA) is 56.5 Å². The Bertz CT molecular complexity index is 1390. The third kappa shape index (κ3) is 5.49. The van der Waals surface area contributed by atoms with Gasteiger partial charge >= 0.3 is 0 Å². The van der Waals surface area contributed by atoms with E-state index in [0.717, 1.165) is 16.5 Å². The van der Waals surface area contributed by atoms with Gasteiger partial charge in [0.05, 0.1) is 17.1 Å². The highest BCUT2D eigenvalue weighted by Crippen LogP contribution is 2.23. The van der Waals surface area contributed by atoms with Crippen LogP contribution in [0.2, 0.25) is 5.02 Å². The zero-order valence-electron chi connectivity index (χ0n) is 17.8. The maximum Gasteiger partial charge on any atom is 0.282 e. The number of benzene rings is 3. The molecule has 0 aliphatic heterocycles. The van der Waals surface area contributed by atoms with Crippen molar-refractivity contribution in [2.45, 2.75) is 26.4 Å². The van der Waals surface area contributed by atoms with Crippen LogP contribution in [0.15, 0.2) is 75.0 Å². The van der Waals surface area contributed by atoms with Crippen LogP contribution in [0.5, 0.6) is 5.75 Å². The molecule has 0 N–H and O–H groups in total. The van der Waals surface area contributed by atoms with Crippen LogP contribution in [0.25, 0.3) is 10.9 Å². The lowest BCUT2D eigenvalue weighted by Crippen LogP contribution is -2.22. The number of halogens is 3. The molecule has 8 heteroatoms. The van der Waals surface area contributed by atoms with Crippen molar-refractivity contribution < 1.29 is 9.13 Å². The Morgan fingerprint density at radius 1 is 1.15 bits per heavy atom. The van der Waals surface area contributed by atoms with E-state index in [9.17, 15) is 9.18 Å². The molecular formula is C25H20BrClFN3O2. The molecule has 5 nitrogen and oxygen atoms in total. The van der Waals surface area contributed by atoms with Crippen LogP contribution in [0.4, 0.5) is 4.39 Å². The summed E-state index contributed by atoms with van der Waals surface area (Å²) in [5, 5.41) is 5.44. The largest absolute Gasteiger partial charge is 0.488 e. The van der Waals surface area contributed by atoms with Gasteiger partial charge in [0.2, 0.25) is 0 Å². The van der Waals surface area contributed by atoms with Crippen LogP contribution >= 0.6 is 27.5 Å². The normalized spacial score (nSPS) is 11.4. The minimum atomic E-state index is -0.303. The van der Waals surface area contributed by atoms with Gasteiger partial charge in [0.25, 0.3) is 5.56 Å². The van der Waals surface area contributed by atoms with Crippen molar-refractivity contribution in [1.82, 2.24) is 9.66 Å². The number of hydrogen-bond acceptors (Lipinski definition) is 4. The van der Waals surface area contributed by atoms with Crippen LogP contribution in [0.3, 0.4) is 0 Å². The minimum Gasteiger partial charge on any atom is -0.488 e. The Labute approximate surface area is 203 Å². The number of fused-ring (bicyclic) bond motifs is 1. The molecule has 0 bridgehead atoms. The van der Waals surface area contributed by atoms with E-state index in [2.05, 4.69) is 26.0 Å². The first-order valence-corrected chi connectivity index (χ1v) is 11.5. The van der Waals surface area contributed by atoms with Crippen LogP contribution < -0.4 is 10.3 Å². The fraction of sp³-hybridized carbons (Fsp3) is 0.160. The third-order valence-corrected chi connectivity index (χ3v) is 5.67. The van der Waals surface area contributed by atoms with Gasteiger partial charge in [-0.1, -0.05) is 46.6 Å². The van der Waals surface area contributed by atoms with Gasteiger partial charge in [0.15, 0.2) is 0 Å². The van der Waals surface area contributed by atoms with Gasteiger partial charge in [-0.15, -0.1) is 0 Å². The summed E-state index contributed by atoms with van der Waals surface area (Å²) in [5.41, 5.74) is 1.80. The number of hydrogen-bond donors (Lipinski definition) is 0. The van der Waals surface area contributed by atoms with Gasteiger partial charge in [-0.05, 0) is 60.5 Å². The Balaban J connectivity index is 1.70. The van der Waals surface area contributed by atoms with Crippen LogP contribution in [-0.4, -0.2) is 15.9 Å². The van der Waals surface area contributed by atoms with Gasteiger partial charge in [-0.2, -0.15) is 9.78 Å². The molecule has 168 valence electrons. The average Bonchev–Trinajstić information content (AvgIpc) is 2.80. The second-order valence-corrected chi connectivity index (χ2v) is 8.75. The highest BCUT2D eigenvalue weighted by Gasteiger charge is 2.11. The molecule has 33 heavy (non-hydrogen) atoms. The maximum atomic E-state index is 13.2. The summed E-state index contributed by atoms with van der Waals surface area (Å²) in [6.45, 7) is 2.26. The zero-order chi connectivity index (χ0) is 23.4. The van der Waals surface area contributed by atoms with Crippen molar-refractivity contribution in [3.63, 3.8) is 0 Å². The van der Waals surface area contributed by atoms with Gasteiger partial charge in [0, 0.05) is 21.5 Å². The molecule has 0 atom stereocenters. The van der Waals surface area contributed by atoms with Crippen LogP contribution in [0.1, 0.15) is 30.3 Å². The predicted molar refractivity (Wildman–Crippen MR) is 133 cm³/mol. The van der Waals surface area contributed by atoms with E-state index in [1.54, 1.807) is 36.4 Å². The van der Waals surface area contributed by atoms with Crippen LogP contribution in [-0.2, 0) is 13.0 Å². The van der Waals surface area contributed by atoms with Crippen LogP contribution in [0, 0.1) is 5.82 Å². The van der Waals surface area contributed by atoms with Crippen molar-refractivity contribution in [3.05, 3.63) is 103 Å². The number of rotatable bonds is 7. The molecule has 0 fully saturated rings. The molecule has 0 spiro atoms. The third-order valence-electron chi connectivity index (χ3n) is 4.94. The number of nitrogens with zero attached hydrogens (tertiary/aromatic N) is 3. The van der Waals surface area contributed by atoms with E-state index in [-0.39, 0.29) is 18.0 Å². The second kappa shape index (κ2) is 10.3. The Morgan fingerprint density at radius 3 is 2.70 bits per heavy atom. The fourth-order valence-electron chi connectivity index (χ4n) is 3.31. The monoisotopic (exact) mass is 527 g/mol. The molecular weight excluding hydrogens is 509 g/mol. The SMILES string of the molecule is CCCc1nc2ccc(Br)cc2c(=O)n1N=Cc1cc(Cl)ccc1OCc1ccc(F)cc1. The van der Waals surface area contributed by atoms with E-state index in [1.807, 2.05) is 19.1 Å². The molecule has 0 amide bonds. The smallest absolute Gasteiger partial charge is 0.282 e. The summed E-state index contributed by atoms with van der Waals surface area (Å²) in [4.78, 5) is 17.8. The summed E-state index contributed by atoms with van der Waals surface area (Å²) in [6.07, 6.45) is 2.95. The highest BCUT2D eigenvalue weighted by molar-refractivity contribution is 9.10. The summed E-state index contributed by atoms with van der Waals surface area (Å²) in [7, 11) is 0. The lowest BCUT2D eigenvalue weighted by molar-refractivity contribution is 0.305. The molecule has 0 aliphatic carbocycles. The number of ether oxygens (including phenoxy) is 1. The molecule has 4 rings (SSSR count). The van der Waals surface area contributed by atoms with Crippen molar-refractivity contribution in [1.29, 1.82) is 0 Å².